The third kappa shape index (κ3) is 8.40. The Bertz CT molecular complexity index is 1540. The van der Waals surface area contributed by atoms with Crippen molar-refractivity contribution in [2.24, 2.45) is 10.8 Å². The Morgan fingerprint density at radius 2 is 2.03 bits per heavy atom. The largest absolute Gasteiger partial charge is 0.490 e. The highest BCUT2D eigenvalue weighted by Crippen LogP contribution is 2.66. The van der Waals surface area contributed by atoms with Crippen molar-refractivity contribution in [2.75, 3.05) is 25.6 Å². The molecule has 22 nitrogen and oxygen atoms in total. The number of phosphoric ester groups is 1. The Morgan fingerprint density at radius 3 is 2.67 bits per heavy atom. The van der Waals surface area contributed by atoms with E-state index in [0.717, 1.165) is 0 Å². The summed E-state index contributed by atoms with van der Waals surface area (Å²) in [5.41, 5.74) is 19.0. The van der Waals surface area contributed by atoms with Crippen molar-refractivity contribution in [2.45, 2.75) is 24.9 Å². The molecule has 2 aromatic rings. The van der Waals surface area contributed by atoms with E-state index in [1.54, 1.807) is 0 Å². The summed E-state index contributed by atoms with van der Waals surface area (Å²) < 4.78 is 60.3. The number of nitrogens with one attached hydrogen (secondary N) is 1. The zero-order valence-electron chi connectivity index (χ0n) is 19.3. The minimum Gasteiger partial charge on any atom is -0.369 e. The van der Waals surface area contributed by atoms with Gasteiger partial charge in [0, 0.05) is 11.3 Å². The summed E-state index contributed by atoms with van der Waals surface area (Å²) in [5, 5.41) is 3.23. The minimum absolute atomic E-state index is 0.0167. The molecule has 0 aromatic carbocycles. The normalized spacial score (nSPS) is 22.4. The van der Waals surface area contributed by atoms with Gasteiger partial charge < -0.3 is 40.5 Å². The molecule has 9 N–H and O–H groups in total. The van der Waals surface area contributed by atoms with Crippen LogP contribution in [0.5, 0.6) is 0 Å². The number of imidazole rings is 1. The molecule has 214 valence electrons. The van der Waals surface area contributed by atoms with Crippen molar-refractivity contribution >= 4 is 40.6 Å². The van der Waals surface area contributed by atoms with Crippen molar-refractivity contribution in [1.29, 1.82) is 0 Å². The topological polar surface area (TPSA) is 334 Å². The van der Waals surface area contributed by atoms with Gasteiger partial charge in [-0.25, -0.2) is 18.3 Å². The number of fused-ring (bicyclic) bond motifs is 1. The number of hydrogen-bond donors (Lipinski definition) is 7. The van der Waals surface area contributed by atoms with Crippen LogP contribution in [0.4, 0.5) is 5.95 Å². The number of ether oxygens (including phenoxy) is 2. The van der Waals surface area contributed by atoms with Crippen LogP contribution >= 0.6 is 23.5 Å². The molecular formula is C14H21N9O13P3+. The second kappa shape index (κ2) is 12.2. The van der Waals surface area contributed by atoms with E-state index in [0.29, 0.717) is 0 Å². The molecule has 1 saturated heterocycles. The second-order valence-corrected chi connectivity index (χ2v) is 11.7. The van der Waals surface area contributed by atoms with Crippen LogP contribution in [-0.4, -0.2) is 66.2 Å². The van der Waals surface area contributed by atoms with Crippen LogP contribution < -0.4 is 21.6 Å². The molecular weight excluding hydrogens is 595 g/mol. The summed E-state index contributed by atoms with van der Waals surface area (Å²) in [5.74, 6) is 2.35. The molecule has 3 rings (SSSR count). The molecule has 1 aliphatic rings. The third-order valence-corrected chi connectivity index (χ3v) is 8.44. The molecule has 39 heavy (non-hydrogen) atoms. The van der Waals surface area contributed by atoms with E-state index >= 15 is 0 Å². The number of H-pyrrole nitrogens is 1. The second-order valence-electron chi connectivity index (χ2n) is 7.33. The number of nitrogens with zero attached hydrogens (tertiary/aromatic N) is 6. The minimum atomic E-state index is -5.75. The summed E-state index contributed by atoms with van der Waals surface area (Å²) in [6.45, 7) is -1.39. The SMILES string of the molecule is [N-]=[N+]=NCO[C@@H]1CC([n+]2cn(C#CCN)c3c(=O)[nH]c(N)nc32)OC1COP(=O)(O)OP(=O)(O)OP(=O)(O)O. The Kier molecular flexibility index (Phi) is 9.67. The van der Waals surface area contributed by atoms with Crippen molar-refractivity contribution in [3.05, 3.63) is 27.1 Å². The number of phosphoric acid groups is 3. The number of hydrogen-bond acceptors (Lipinski definition) is 13. The van der Waals surface area contributed by atoms with Crippen molar-refractivity contribution in [3.8, 4) is 12.0 Å². The molecule has 0 aliphatic carbocycles. The van der Waals surface area contributed by atoms with Gasteiger partial charge in [-0.1, -0.05) is 10.1 Å². The number of anilines is 1. The smallest absolute Gasteiger partial charge is 0.369 e. The molecule has 3 heterocycles. The Morgan fingerprint density at radius 1 is 1.31 bits per heavy atom. The lowest BCUT2D eigenvalue weighted by molar-refractivity contribution is -0.738. The maximum atomic E-state index is 12.5. The van der Waals surface area contributed by atoms with Crippen LogP contribution in [0.25, 0.3) is 21.6 Å². The third-order valence-electron chi connectivity index (χ3n) is 4.64. The first kappa shape index (κ1) is 30.8. The van der Waals surface area contributed by atoms with E-state index in [1.807, 2.05) is 0 Å². The molecule has 0 radical (unpaired) electrons. The van der Waals surface area contributed by atoms with Gasteiger partial charge in [-0.2, -0.15) is 13.2 Å². The molecule has 0 spiro atoms. The van der Waals surface area contributed by atoms with E-state index in [2.05, 4.69) is 45.1 Å². The zero-order valence-corrected chi connectivity index (χ0v) is 22.0. The van der Waals surface area contributed by atoms with Crippen molar-refractivity contribution in [3.63, 3.8) is 0 Å². The van der Waals surface area contributed by atoms with E-state index < -0.39 is 60.8 Å². The Balaban J connectivity index is 1.87. The van der Waals surface area contributed by atoms with Gasteiger partial charge in [0.15, 0.2) is 6.23 Å². The molecule has 1 aliphatic heterocycles. The van der Waals surface area contributed by atoms with Crippen LogP contribution in [0, 0.1) is 12.0 Å². The molecule has 1 fully saturated rings. The molecule has 0 bridgehead atoms. The lowest BCUT2D eigenvalue weighted by atomic mass is 10.2. The molecule has 4 unspecified atom stereocenters. The number of azide groups is 1. The molecule has 0 saturated carbocycles. The fraction of sp³-hybridized carbons (Fsp3) is 0.500. The highest BCUT2D eigenvalue weighted by molar-refractivity contribution is 7.66. The molecule has 5 atom stereocenters. The van der Waals surface area contributed by atoms with Crippen molar-refractivity contribution < 1.29 is 60.5 Å². The Labute approximate surface area is 216 Å². The standard InChI is InChI=1S/C14H20N9O13P3/c15-2-1-3-22-7-23(12-11(22)13(24)20-14(16)19-12)10-4-8(32-6-18-21-17)9(34-10)5-33-38(28,29)36-39(30,31)35-37(25,26)27/h7-10H,2,4-6,15H2,(H6-,16,19,20,24,25,26,27,28,29,30,31)/p+1/t8-,9?,10?/m1/s1. The highest BCUT2D eigenvalue weighted by atomic mass is 31.3. The summed E-state index contributed by atoms with van der Waals surface area (Å²) in [4.78, 5) is 57.8. The van der Waals surface area contributed by atoms with Gasteiger partial charge in [0.25, 0.3) is 17.0 Å². The van der Waals surface area contributed by atoms with Crippen molar-refractivity contribution in [1.82, 2.24) is 14.5 Å². The van der Waals surface area contributed by atoms with Gasteiger partial charge in [0.1, 0.15) is 12.8 Å². The van der Waals surface area contributed by atoms with Gasteiger partial charge in [-0.05, 0) is 11.5 Å². The maximum absolute atomic E-state index is 12.5. The summed E-state index contributed by atoms with van der Waals surface area (Å²) in [6, 6.07) is 2.64. The fourth-order valence-electron chi connectivity index (χ4n) is 3.35. The summed E-state index contributed by atoms with van der Waals surface area (Å²) in [6.07, 6.45) is -1.96. The maximum Gasteiger partial charge on any atom is 0.490 e. The number of rotatable bonds is 11. The van der Waals surface area contributed by atoms with Gasteiger partial charge in [-0.15, -0.1) is 0 Å². The predicted octanol–water partition coefficient (Wildman–Crippen LogP) is -1.35. The van der Waals surface area contributed by atoms with Gasteiger partial charge in [0.2, 0.25) is 6.33 Å². The lowest BCUT2D eigenvalue weighted by Gasteiger charge is -2.20. The van der Waals surface area contributed by atoms with Crippen LogP contribution in [0.3, 0.4) is 0 Å². The number of aromatic amines is 1. The lowest BCUT2D eigenvalue weighted by Crippen LogP contribution is -2.39. The first-order valence-electron chi connectivity index (χ1n) is 10.2. The molecule has 0 amide bonds. The van der Waals surface area contributed by atoms with E-state index in [-0.39, 0.29) is 30.1 Å². The van der Waals surface area contributed by atoms with Gasteiger partial charge >= 0.3 is 29.1 Å². The first-order chi connectivity index (χ1) is 18.1. The van der Waals surface area contributed by atoms with Crippen LogP contribution in [-0.2, 0) is 36.3 Å². The molecule has 2 aromatic heterocycles. The van der Waals surface area contributed by atoms with Crippen LogP contribution in [0.2, 0.25) is 0 Å². The first-order valence-corrected chi connectivity index (χ1v) is 14.7. The summed E-state index contributed by atoms with van der Waals surface area (Å²) >= 11 is 0. The van der Waals surface area contributed by atoms with E-state index in [1.165, 1.54) is 15.5 Å². The number of aromatic nitrogens is 4. The number of nitrogen functional groups attached to an aromatic ring is 1. The predicted molar refractivity (Wildman–Crippen MR) is 124 cm³/mol. The highest BCUT2D eigenvalue weighted by Gasteiger charge is 2.44. The fourth-order valence-corrected chi connectivity index (χ4v) is 6.38. The van der Waals surface area contributed by atoms with Gasteiger partial charge in [0.05, 0.1) is 25.3 Å². The molecule has 25 heteroatoms. The summed E-state index contributed by atoms with van der Waals surface area (Å²) in [7, 11) is -16.8. The monoisotopic (exact) mass is 616 g/mol. The quantitative estimate of drug-likeness (QED) is 0.0383. The van der Waals surface area contributed by atoms with Gasteiger partial charge in [-0.3, -0.25) is 14.3 Å². The van der Waals surface area contributed by atoms with Crippen LogP contribution in [0.15, 0.2) is 16.2 Å². The average molecular weight is 616 g/mol. The number of nitrogens with two attached hydrogens (primary N) is 2. The Hall–Kier alpha value is -2.69. The zero-order chi connectivity index (χ0) is 29.0. The van der Waals surface area contributed by atoms with Crippen LogP contribution in [0.1, 0.15) is 12.6 Å². The van der Waals surface area contributed by atoms with E-state index in [4.69, 9.17) is 36.3 Å². The average Bonchev–Trinajstić information content (AvgIpc) is 3.35. The van der Waals surface area contributed by atoms with E-state index in [9.17, 15) is 28.3 Å².